The molecule has 2 aromatic rings. The number of hydrogen-bond donors (Lipinski definition) is 0. The maximum absolute atomic E-state index is 12.2. The third-order valence-electron chi connectivity index (χ3n) is 4.31. The van der Waals surface area contributed by atoms with Crippen LogP contribution in [0.4, 0.5) is 0 Å². The number of rotatable bonds is 4. The van der Waals surface area contributed by atoms with Gasteiger partial charge in [0, 0.05) is 41.9 Å². The van der Waals surface area contributed by atoms with E-state index in [1.807, 2.05) is 0 Å². The number of amides is 1. The highest BCUT2D eigenvalue weighted by molar-refractivity contribution is 6.35. The van der Waals surface area contributed by atoms with Crippen LogP contribution in [0.2, 0.25) is 10.0 Å². The molecule has 0 aromatic heterocycles. The molecule has 6 nitrogen and oxygen atoms in total. The summed E-state index contributed by atoms with van der Waals surface area (Å²) < 4.78 is 10.5. The molecule has 1 aliphatic rings. The second-order valence-corrected chi connectivity index (χ2v) is 7.10. The third-order valence-corrected chi connectivity index (χ3v) is 4.87. The molecule has 1 atom stereocenters. The van der Waals surface area contributed by atoms with Gasteiger partial charge in [0.15, 0.2) is 0 Å². The number of nitrogens with zero attached hydrogens (tertiary/aromatic N) is 2. The topological polar surface area (TPSA) is 68.2 Å². The lowest BCUT2D eigenvalue weighted by Crippen LogP contribution is -2.24. The van der Waals surface area contributed by atoms with Crippen LogP contribution in [0.25, 0.3) is 0 Å². The Morgan fingerprint density at radius 2 is 1.89 bits per heavy atom. The van der Waals surface area contributed by atoms with Gasteiger partial charge in [-0.15, -0.1) is 0 Å². The lowest BCUT2D eigenvalue weighted by Gasteiger charge is -2.21. The first kappa shape index (κ1) is 20.2. The van der Waals surface area contributed by atoms with Gasteiger partial charge < -0.3 is 9.47 Å². The van der Waals surface area contributed by atoms with Crippen LogP contribution in [0.5, 0.6) is 11.5 Å². The molecule has 0 saturated carbocycles. The molecule has 0 N–H and O–H groups in total. The molecule has 0 unspecified atom stereocenters. The Kier molecular flexibility index (Phi) is 5.91. The number of hydrazone groups is 1. The van der Waals surface area contributed by atoms with Crippen molar-refractivity contribution >= 4 is 40.8 Å². The van der Waals surface area contributed by atoms with E-state index in [1.165, 1.54) is 26.0 Å². The van der Waals surface area contributed by atoms with Crippen molar-refractivity contribution in [1.82, 2.24) is 5.01 Å². The number of halogens is 2. The first-order chi connectivity index (χ1) is 13.3. The van der Waals surface area contributed by atoms with Crippen LogP contribution < -0.4 is 9.47 Å². The predicted molar refractivity (Wildman–Crippen MR) is 107 cm³/mol. The molecule has 3 rings (SSSR count). The minimum atomic E-state index is -0.464. The normalized spacial score (nSPS) is 16.0. The molecular formula is C20H18Cl2N2O4. The van der Waals surface area contributed by atoms with Gasteiger partial charge in [0.2, 0.25) is 5.91 Å². The lowest BCUT2D eigenvalue weighted by atomic mass is 9.97. The van der Waals surface area contributed by atoms with Gasteiger partial charge in [-0.3, -0.25) is 9.59 Å². The van der Waals surface area contributed by atoms with Crippen LogP contribution in [-0.2, 0) is 9.59 Å². The van der Waals surface area contributed by atoms with E-state index >= 15 is 0 Å². The molecule has 0 fully saturated rings. The molecule has 28 heavy (non-hydrogen) atoms. The summed E-state index contributed by atoms with van der Waals surface area (Å²) in [5.74, 6) is 0.165. The monoisotopic (exact) mass is 420 g/mol. The van der Waals surface area contributed by atoms with Crippen molar-refractivity contribution in [2.24, 2.45) is 5.10 Å². The van der Waals surface area contributed by atoms with Crippen LogP contribution in [-0.4, -0.2) is 29.7 Å². The zero-order valence-electron chi connectivity index (χ0n) is 15.5. The second kappa shape index (κ2) is 8.20. The van der Waals surface area contributed by atoms with Crippen molar-refractivity contribution in [3.8, 4) is 11.5 Å². The maximum Gasteiger partial charge on any atom is 0.308 e. The second-order valence-electron chi connectivity index (χ2n) is 6.25. The zero-order valence-corrected chi connectivity index (χ0v) is 17.0. The first-order valence-electron chi connectivity index (χ1n) is 8.49. The van der Waals surface area contributed by atoms with Crippen molar-refractivity contribution in [1.29, 1.82) is 0 Å². The summed E-state index contributed by atoms with van der Waals surface area (Å²) in [4.78, 5) is 23.7. The van der Waals surface area contributed by atoms with Crippen LogP contribution in [0, 0.1) is 0 Å². The zero-order chi connectivity index (χ0) is 20.4. The summed E-state index contributed by atoms with van der Waals surface area (Å²) in [5.41, 5.74) is 1.95. The van der Waals surface area contributed by atoms with E-state index in [2.05, 4.69) is 5.10 Å². The van der Waals surface area contributed by atoms with Crippen molar-refractivity contribution < 1.29 is 19.1 Å². The van der Waals surface area contributed by atoms with Crippen molar-refractivity contribution in [2.45, 2.75) is 26.3 Å². The Balaban J connectivity index is 2.03. The predicted octanol–water partition coefficient (Wildman–Crippen LogP) is 4.62. The van der Waals surface area contributed by atoms with E-state index in [1.54, 1.807) is 36.4 Å². The van der Waals surface area contributed by atoms with Gasteiger partial charge in [-0.25, -0.2) is 5.01 Å². The quantitative estimate of drug-likeness (QED) is 0.534. The van der Waals surface area contributed by atoms with E-state index in [4.69, 9.17) is 32.7 Å². The van der Waals surface area contributed by atoms with E-state index in [0.29, 0.717) is 39.2 Å². The molecule has 146 valence electrons. The number of ether oxygens (including phenoxy) is 2. The fourth-order valence-electron chi connectivity index (χ4n) is 3.08. The fraction of sp³-hybridized carbons (Fsp3) is 0.250. The fourth-order valence-corrected chi connectivity index (χ4v) is 3.62. The SMILES string of the molecule is COc1ccc(C2=NN(C(C)=O)[C@H](c3ccc(Cl)cc3Cl)C2)c(OC(C)=O)c1. The summed E-state index contributed by atoms with van der Waals surface area (Å²) in [5, 5.41) is 6.82. The Hall–Kier alpha value is -2.57. The molecule has 0 spiro atoms. The summed E-state index contributed by atoms with van der Waals surface area (Å²) in [6.07, 6.45) is 0.404. The van der Waals surface area contributed by atoms with Gasteiger partial charge in [0.1, 0.15) is 11.5 Å². The van der Waals surface area contributed by atoms with Gasteiger partial charge in [-0.05, 0) is 29.8 Å². The summed E-state index contributed by atoms with van der Waals surface area (Å²) >= 11 is 12.3. The van der Waals surface area contributed by atoms with E-state index in [9.17, 15) is 9.59 Å². The molecule has 0 saturated heterocycles. The highest BCUT2D eigenvalue weighted by Gasteiger charge is 2.34. The number of methoxy groups -OCH3 is 1. The van der Waals surface area contributed by atoms with Gasteiger partial charge in [-0.2, -0.15) is 5.10 Å². The van der Waals surface area contributed by atoms with Crippen molar-refractivity contribution in [2.75, 3.05) is 7.11 Å². The van der Waals surface area contributed by atoms with Crippen LogP contribution >= 0.6 is 23.2 Å². The molecule has 1 aliphatic heterocycles. The Morgan fingerprint density at radius 3 is 2.50 bits per heavy atom. The number of carbonyl (C=O) groups excluding carboxylic acids is 2. The van der Waals surface area contributed by atoms with Crippen LogP contribution in [0.1, 0.15) is 37.4 Å². The van der Waals surface area contributed by atoms with Crippen LogP contribution in [0.15, 0.2) is 41.5 Å². The molecule has 1 heterocycles. The molecular weight excluding hydrogens is 403 g/mol. The van der Waals surface area contributed by atoms with E-state index < -0.39 is 5.97 Å². The summed E-state index contributed by atoms with van der Waals surface area (Å²) in [6.45, 7) is 2.75. The van der Waals surface area contributed by atoms with Crippen molar-refractivity contribution in [3.63, 3.8) is 0 Å². The Morgan fingerprint density at radius 1 is 1.14 bits per heavy atom. The van der Waals surface area contributed by atoms with Crippen LogP contribution in [0.3, 0.4) is 0 Å². The smallest absolute Gasteiger partial charge is 0.308 e. The van der Waals surface area contributed by atoms with E-state index in [0.717, 1.165) is 5.56 Å². The molecule has 0 aliphatic carbocycles. The van der Waals surface area contributed by atoms with E-state index in [-0.39, 0.29) is 11.9 Å². The Bertz CT molecular complexity index is 975. The summed E-state index contributed by atoms with van der Waals surface area (Å²) in [6, 6.07) is 9.85. The van der Waals surface area contributed by atoms with Gasteiger partial charge in [0.05, 0.1) is 18.9 Å². The largest absolute Gasteiger partial charge is 0.497 e. The lowest BCUT2D eigenvalue weighted by molar-refractivity contribution is -0.132. The minimum Gasteiger partial charge on any atom is -0.497 e. The molecule has 0 radical (unpaired) electrons. The van der Waals surface area contributed by atoms with Gasteiger partial charge >= 0.3 is 5.97 Å². The number of esters is 1. The van der Waals surface area contributed by atoms with Crippen molar-refractivity contribution in [3.05, 3.63) is 57.6 Å². The molecule has 8 heteroatoms. The highest BCUT2D eigenvalue weighted by atomic mass is 35.5. The number of benzene rings is 2. The molecule has 1 amide bonds. The third kappa shape index (κ3) is 4.13. The first-order valence-corrected chi connectivity index (χ1v) is 9.24. The molecule has 2 aromatic carbocycles. The number of carbonyl (C=O) groups is 2. The van der Waals surface area contributed by atoms with Gasteiger partial charge in [0.25, 0.3) is 0 Å². The highest BCUT2D eigenvalue weighted by Crippen LogP contribution is 2.39. The Labute approximate surface area is 172 Å². The minimum absolute atomic E-state index is 0.228. The number of hydrogen-bond acceptors (Lipinski definition) is 5. The summed E-state index contributed by atoms with van der Waals surface area (Å²) in [7, 11) is 1.52. The molecule has 0 bridgehead atoms. The average Bonchev–Trinajstić information content (AvgIpc) is 3.06. The van der Waals surface area contributed by atoms with Gasteiger partial charge in [-0.1, -0.05) is 29.3 Å². The average molecular weight is 421 g/mol. The standard InChI is InChI=1S/C20H18Cl2N2O4/c1-11(25)24-19(15-6-4-13(21)8-17(15)22)10-18(23-24)16-7-5-14(27-3)9-20(16)28-12(2)26/h4-9,19H,10H2,1-3H3/t19-/m0/s1. The maximum atomic E-state index is 12.2.